The molecule has 0 saturated carbocycles. The Labute approximate surface area is 90.8 Å². The van der Waals surface area contributed by atoms with Crippen molar-refractivity contribution in [1.29, 1.82) is 0 Å². The van der Waals surface area contributed by atoms with Crippen LogP contribution in [0.4, 0.5) is 0 Å². The van der Waals surface area contributed by atoms with Crippen LogP contribution in [0.1, 0.15) is 5.56 Å². The van der Waals surface area contributed by atoms with Gasteiger partial charge in [-0.2, -0.15) is 0 Å². The van der Waals surface area contributed by atoms with Crippen LogP contribution >= 0.6 is 0 Å². The zero-order valence-corrected chi connectivity index (χ0v) is 9.03. The molecule has 0 fully saturated rings. The molecule has 2 heteroatoms. The minimum atomic E-state index is 0.504. The molecule has 1 aromatic rings. The van der Waals surface area contributed by atoms with Crippen LogP contribution in [-0.4, -0.2) is 13.2 Å². The van der Waals surface area contributed by atoms with Crippen LogP contribution < -0.4 is 9.47 Å². The van der Waals surface area contributed by atoms with E-state index in [9.17, 15) is 0 Å². The van der Waals surface area contributed by atoms with Gasteiger partial charge in [-0.25, -0.2) is 0 Å². The third-order valence-corrected chi connectivity index (χ3v) is 1.76. The summed E-state index contributed by atoms with van der Waals surface area (Å²) in [7, 11) is 0. The van der Waals surface area contributed by atoms with Crippen LogP contribution in [0.3, 0.4) is 0 Å². The average molecular weight is 204 g/mol. The molecule has 1 aromatic carbocycles. The Morgan fingerprint density at radius 1 is 1.00 bits per heavy atom. The Bertz CT molecular complexity index is 312. The highest BCUT2D eigenvalue weighted by molar-refractivity contribution is 5.38. The normalized spacial score (nSPS) is 9.40. The van der Waals surface area contributed by atoms with Crippen molar-refractivity contribution < 1.29 is 9.47 Å². The minimum Gasteiger partial charge on any atom is -0.489 e. The van der Waals surface area contributed by atoms with Gasteiger partial charge in [0.05, 0.1) is 0 Å². The zero-order valence-electron chi connectivity index (χ0n) is 9.03. The van der Waals surface area contributed by atoms with Crippen LogP contribution in [0.5, 0.6) is 11.5 Å². The van der Waals surface area contributed by atoms with Gasteiger partial charge in [0.15, 0.2) is 0 Å². The average Bonchev–Trinajstić information content (AvgIpc) is 2.23. The van der Waals surface area contributed by atoms with Crippen LogP contribution in [0, 0.1) is 6.92 Å². The van der Waals surface area contributed by atoms with Crippen molar-refractivity contribution in [3.63, 3.8) is 0 Å². The second kappa shape index (κ2) is 5.91. The molecule has 0 aromatic heterocycles. The summed E-state index contributed by atoms with van der Waals surface area (Å²) in [6, 6.07) is 5.79. The summed E-state index contributed by atoms with van der Waals surface area (Å²) < 4.78 is 10.9. The number of ether oxygens (including phenoxy) is 2. The summed E-state index contributed by atoms with van der Waals surface area (Å²) in [4.78, 5) is 0. The van der Waals surface area contributed by atoms with Crippen molar-refractivity contribution in [3.8, 4) is 11.5 Å². The van der Waals surface area contributed by atoms with Crippen LogP contribution in [0.2, 0.25) is 0 Å². The van der Waals surface area contributed by atoms with Gasteiger partial charge in [0.2, 0.25) is 0 Å². The Balaban J connectivity index is 2.74. The Morgan fingerprint density at radius 2 is 1.47 bits per heavy atom. The summed E-state index contributed by atoms with van der Waals surface area (Å²) in [6.45, 7) is 10.2. The fraction of sp³-hybridized carbons (Fsp3) is 0.231. The lowest BCUT2D eigenvalue weighted by Crippen LogP contribution is -1.96. The molecule has 0 bridgehead atoms. The van der Waals surface area contributed by atoms with Crippen LogP contribution in [-0.2, 0) is 0 Å². The molecule has 15 heavy (non-hydrogen) atoms. The molecule has 1 rings (SSSR count). The molecule has 0 aliphatic carbocycles. The summed E-state index contributed by atoms with van der Waals surface area (Å²) in [5.74, 6) is 1.60. The van der Waals surface area contributed by atoms with Gasteiger partial charge in [-0.1, -0.05) is 25.3 Å². The maximum absolute atomic E-state index is 5.43. The first-order valence-electron chi connectivity index (χ1n) is 4.85. The van der Waals surface area contributed by atoms with E-state index in [1.54, 1.807) is 12.2 Å². The van der Waals surface area contributed by atoms with Gasteiger partial charge in [0.25, 0.3) is 0 Å². The standard InChI is InChI=1S/C13H16O2/c1-4-6-14-12-8-11(3)9-13(10-12)15-7-5-2/h4-5,8-10H,1-2,6-7H2,3H3. The van der Waals surface area contributed by atoms with E-state index in [0.717, 1.165) is 17.1 Å². The van der Waals surface area contributed by atoms with E-state index in [4.69, 9.17) is 9.47 Å². The van der Waals surface area contributed by atoms with Gasteiger partial charge >= 0.3 is 0 Å². The third-order valence-electron chi connectivity index (χ3n) is 1.76. The number of hydrogen-bond donors (Lipinski definition) is 0. The van der Waals surface area contributed by atoms with Gasteiger partial charge < -0.3 is 9.47 Å². The molecule has 0 atom stereocenters. The van der Waals surface area contributed by atoms with E-state index in [2.05, 4.69) is 13.2 Å². The summed E-state index contributed by atoms with van der Waals surface area (Å²) in [6.07, 6.45) is 3.43. The topological polar surface area (TPSA) is 18.5 Å². The molecule has 0 radical (unpaired) electrons. The van der Waals surface area contributed by atoms with E-state index >= 15 is 0 Å². The van der Waals surface area contributed by atoms with Crippen molar-refractivity contribution in [1.82, 2.24) is 0 Å². The SMILES string of the molecule is C=CCOc1cc(C)cc(OCC=C)c1. The highest BCUT2D eigenvalue weighted by Gasteiger charge is 1.99. The van der Waals surface area contributed by atoms with E-state index in [1.807, 2.05) is 25.1 Å². The lowest BCUT2D eigenvalue weighted by atomic mass is 10.2. The molecule has 0 amide bonds. The van der Waals surface area contributed by atoms with Gasteiger partial charge in [-0.05, 0) is 24.6 Å². The number of hydrogen-bond acceptors (Lipinski definition) is 2. The Kier molecular flexibility index (Phi) is 4.48. The minimum absolute atomic E-state index is 0.504. The molecule has 0 unspecified atom stereocenters. The molecular formula is C13H16O2. The second-order valence-corrected chi connectivity index (χ2v) is 3.18. The molecule has 0 aliphatic rings. The zero-order chi connectivity index (χ0) is 11.1. The van der Waals surface area contributed by atoms with Crippen molar-refractivity contribution >= 4 is 0 Å². The lowest BCUT2D eigenvalue weighted by molar-refractivity contribution is 0.344. The predicted molar refractivity (Wildman–Crippen MR) is 62.6 cm³/mol. The summed E-state index contributed by atoms with van der Waals surface area (Å²) >= 11 is 0. The van der Waals surface area contributed by atoms with E-state index in [-0.39, 0.29) is 0 Å². The fourth-order valence-electron chi connectivity index (χ4n) is 1.19. The molecule has 0 N–H and O–H groups in total. The first-order valence-corrected chi connectivity index (χ1v) is 4.85. The second-order valence-electron chi connectivity index (χ2n) is 3.18. The third kappa shape index (κ3) is 3.90. The highest BCUT2D eigenvalue weighted by Crippen LogP contribution is 2.22. The highest BCUT2D eigenvalue weighted by atomic mass is 16.5. The Morgan fingerprint density at radius 3 is 1.87 bits per heavy atom. The Hall–Kier alpha value is -1.70. The first kappa shape index (κ1) is 11.4. The number of benzene rings is 1. The fourth-order valence-corrected chi connectivity index (χ4v) is 1.19. The maximum atomic E-state index is 5.43. The molecule has 80 valence electrons. The number of aryl methyl sites for hydroxylation is 1. The first-order chi connectivity index (χ1) is 7.26. The molecule has 0 heterocycles. The van der Waals surface area contributed by atoms with E-state index in [1.165, 1.54) is 0 Å². The number of rotatable bonds is 6. The van der Waals surface area contributed by atoms with E-state index < -0.39 is 0 Å². The lowest BCUT2D eigenvalue weighted by Gasteiger charge is -2.08. The quantitative estimate of drug-likeness (QED) is 0.663. The molecule has 0 spiro atoms. The monoisotopic (exact) mass is 204 g/mol. The van der Waals surface area contributed by atoms with Gasteiger partial charge in [-0.3, -0.25) is 0 Å². The molecule has 0 saturated heterocycles. The van der Waals surface area contributed by atoms with Gasteiger partial charge in [-0.15, -0.1) is 0 Å². The summed E-state index contributed by atoms with van der Waals surface area (Å²) in [5.41, 5.74) is 1.11. The summed E-state index contributed by atoms with van der Waals surface area (Å²) in [5, 5.41) is 0. The van der Waals surface area contributed by atoms with E-state index in [0.29, 0.717) is 13.2 Å². The van der Waals surface area contributed by atoms with Crippen molar-refractivity contribution in [3.05, 3.63) is 49.1 Å². The smallest absolute Gasteiger partial charge is 0.123 e. The van der Waals surface area contributed by atoms with Gasteiger partial charge in [0, 0.05) is 6.07 Å². The molecule has 2 nitrogen and oxygen atoms in total. The predicted octanol–water partition coefficient (Wildman–Crippen LogP) is 3.12. The largest absolute Gasteiger partial charge is 0.489 e. The van der Waals surface area contributed by atoms with Gasteiger partial charge in [0.1, 0.15) is 24.7 Å². The maximum Gasteiger partial charge on any atom is 0.123 e. The van der Waals surface area contributed by atoms with Crippen molar-refractivity contribution in [2.24, 2.45) is 0 Å². The van der Waals surface area contributed by atoms with Crippen molar-refractivity contribution in [2.75, 3.05) is 13.2 Å². The van der Waals surface area contributed by atoms with Crippen LogP contribution in [0.25, 0.3) is 0 Å². The molecular weight excluding hydrogens is 188 g/mol. The van der Waals surface area contributed by atoms with Crippen LogP contribution in [0.15, 0.2) is 43.5 Å². The molecule has 0 aliphatic heterocycles. The van der Waals surface area contributed by atoms with Crippen molar-refractivity contribution in [2.45, 2.75) is 6.92 Å².